The van der Waals surface area contributed by atoms with Gasteiger partial charge in [0.15, 0.2) is 5.96 Å². The summed E-state index contributed by atoms with van der Waals surface area (Å²) in [6, 6.07) is 10.3. The minimum Gasteiger partial charge on any atom is -0.357 e. The second-order valence-corrected chi connectivity index (χ2v) is 7.04. The molecule has 1 unspecified atom stereocenters. The van der Waals surface area contributed by atoms with Crippen LogP contribution in [-0.4, -0.2) is 67.0 Å². The van der Waals surface area contributed by atoms with Crippen LogP contribution in [-0.2, 0) is 10.2 Å². The van der Waals surface area contributed by atoms with Crippen molar-refractivity contribution in [2.75, 3.05) is 39.3 Å². The topological polar surface area (TPSA) is 77.0 Å². The lowest BCUT2D eigenvalue weighted by atomic mass is 9.82. The molecule has 0 saturated carbocycles. The second-order valence-electron chi connectivity index (χ2n) is 7.04. The van der Waals surface area contributed by atoms with E-state index in [0.29, 0.717) is 13.1 Å². The van der Waals surface area contributed by atoms with Crippen LogP contribution in [0.2, 0.25) is 0 Å². The molecule has 7 nitrogen and oxygen atoms in total. The van der Waals surface area contributed by atoms with Gasteiger partial charge < -0.3 is 15.5 Å². The fraction of sp³-hybridized carbons (Fsp3) is 0.526. The largest absolute Gasteiger partial charge is 0.357 e. The molecule has 2 fully saturated rings. The van der Waals surface area contributed by atoms with Gasteiger partial charge in [-0.2, -0.15) is 0 Å². The predicted molar refractivity (Wildman–Crippen MR) is 101 cm³/mol. The van der Waals surface area contributed by atoms with Gasteiger partial charge in [0.25, 0.3) is 0 Å². The van der Waals surface area contributed by atoms with Crippen molar-refractivity contribution in [2.24, 2.45) is 4.99 Å². The molecule has 3 rings (SSSR count). The van der Waals surface area contributed by atoms with Gasteiger partial charge >= 0.3 is 6.03 Å². The maximum Gasteiger partial charge on any atom is 0.324 e. The zero-order valence-electron chi connectivity index (χ0n) is 15.5. The molecule has 2 N–H and O–H groups in total. The van der Waals surface area contributed by atoms with Gasteiger partial charge in [-0.05, 0) is 18.9 Å². The molecule has 2 saturated heterocycles. The Morgan fingerprint density at radius 2 is 2.08 bits per heavy atom. The lowest BCUT2D eigenvalue weighted by molar-refractivity contribution is -0.124. The van der Waals surface area contributed by atoms with E-state index in [1.807, 2.05) is 13.0 Å². The highest BCUT2D eigenvalue weighted by Crippen LogP contribution is 2.33. The first-order valence-corrected chi connectivity index (χ1v) is 9.20. The first kappa shape index (κ1) is 18.2. The van der Waals surface area contributed by atoms with Gasteiger partial charge in [0.1, 0.15) is 0 Å². The summed E-state index contributed by atoms with van der Waals surface area (Å²) in [4.78, 5) is 31.4. The van der Waals surface area contributed by atoms with E-state index in [9.17, 15) is 9.59 Å². The molecule has 0 spiro atoms. The summed E-state index contributed by atoms with van der Waals surface area (Å²) in [6.07, 6.45) is 1.06. The Morgan fingerprint density at radius 3 is 2.73 bits per heavy atom. The Kier molecular flexibility index (Phi) is 5.44. The zero-order chi connectivity index (χ0) is 18.6. The third-order valence-electron chi connectivity index (χ3n) is 5.10. The molecule has 26 heavy (non-hydrogen) atoms. The number of aliphatic imine (C=N–C) groups is 1. The summed E-state index contributed by atoms with van der Waals surface area (Å²) in [5.74, 6) is 0.659. The molecule has 2 heterocycles. The molecule has 2 aliphatic rings. The molecule has 7 heteroatoms. The summed E-state index contributed by atoms with van der Waals surface area (Å²) in [5, 5.41) is 5.86. The van der Waals surface area contributed by atoms with Gasteiger partial charge in [0, 0.05) is 25.0 Å². The van der Waals surface area contributed by atoms with Crippen molar-refractivity contribution in [3.63, 3.8) is 0 Å². The highest BCUT2D eigenvalue weighted by molar-refractivity contribution is 6.01. The number of benzene rings is 1. The van der Waals surface area contributed by atoms with E-state index >= 15 is 0 Å². The Morgan fingerprint density at radius 1 is 1.31 bits per heavy atom. The molecule has 0 bridgehead atoms. The van der Waals surface area contributed by atoms with Crippen molar-refractivity contribution in [3.8, 4) is 0 Å². The molecule has 0 aromatic heterocycles. The van der Waals surface area contributed by atoms with Crippen molar-refractivity contribution in [2.45, 2.75) is 25.7 Å². The van der Waals surface area contributed by atoms with Crippen LogP contribution in [0.5, 0.6) is 0 Å². The number of rotatable bonds is 5. The standard InChI is InChI=1S/C19H27N5O2/c1-3-20-17(21-10-12-24-16(25)13-22-18(24)26)23-11-9-19(2,14-23)15-7-5-4-6-8-15/h4-8H,3,9-14H2,1-2H3,(H,20,21)(H,22,26). The van der Waals surface area contributed by atoms with Crippen LogP contribution >= 0.6 is 0 Å². The van der Waals surface area contributed by atoms with Gasteiger partial charge in [-0.15, -0.1) is 0 Å². The molecule has 0 aliphatic carbocycles. The van der Waals surface area contributed by atoms with Crippen molar-refractivity contribution in [1.29, 1.82) is 0 Å². The van der Waals surface area contributed by atoms with E-state index < -0.39 is 0 Å². The van der Waals surface area contributed by atoms with Crippen molar-refractivity contribution in [3.05, 3.63) is 35.9 Å². The molecular formula is C19H27N5O2. The first-order valence-electron chi connectivity index (χ1n) is 9.20. The van der Waals surface area contributed by atoms with Crippen LogP contribution in [0.25, 0.3) is 0 Å². The number of carbonyl (C=O) groups excluding carboxylic acids is 2. The van der Waals surface area contributed by atoms with Crippen LogP contribution in [0.3, 0.4) is 0 Å². The summed E-state index contributed by atoms with van der Waals surface area (Å²) in [5.41, 5.74) is 1.44. The third-order valence-corrected chi connectivity index (χ3v) is 5.10. The minimum absolute atomic E-state index is 0.0875. The number of amides is 3. The lowest BCUT2D eigenvalue weighted by Crippen LogP contribution is -2.42. The molecular weight excluding hydrogens is 330 g/mol. The van der Waals surface area contributed by atoms with Gasteiger partial charge in [-0.1, -0.05) is 37.3 Å². The number of nitrogens with zero attached hydrogens (tertiary/aromatic N) is 3. The SMILES string of the molecule is CCNC(=NCCN1C(=O)CNC1=O)N1CCC(C)(c2ccccc2)C1. The summed E-state index contributed by atoms with van der Waals surface area (Å²) in [6.45, 7) is 7.74. The summed E-state index contributed by atoms with van der Waals surface area (Å²) in [7, 11) is 0. The van der Waals surface area contributed by atoms with Gasteiger partial charge in [0.2, 0.25) is 5.91 Å². The van der Waals surface area contributed by atoms with E-state index in [4.69, 9.17) is 0 Å². The Hall–Kier alpha value is -2.57. The third kappa shape index (κ3) is 3.81. The monoisotopic (exact) mass is 357 g/mol. The highest BCUT2D eigenvalue weighted by atomic mass is 16.2. The molecule has 3 amide bonds. The van der Waals surface area contributed by atoms with E-state index in [1.54, 1.807) is 0 Å². The molecule has 2 aliphatic heterocycles. The molecule has 140 valence electrons. The fourth-order valence-corrected chi connectivity index (χ4v) is 3.58. The molecule has 1 aromatic rings. The predicted octanol–water partition coefficient (Wildman–Crippen LogP) is 1.17. The summed E-state index contributed by atoms with van der Waals surface area (Å²) < 4.78 is 0. The van der Waals surface area contributed by atoms with Crippen LogP contribution in [0, 0.1) is 0 Å². The maximum absolute atomic E-state index is 11.7. The lowest BCUT2D eigenvalue weighted by Gasteiger charge is -2.27. The average Bonchev–Trinajstić information content (AvgIpc) is 3.20. The van der Waals surface area contributed by atoms with Crippen molar-refractivity contribution >= 4 is 17.9 Å². The average molecular weight is 357 g/mol. The van der Waals surface area contributed by atoms with Crippen molar-refractivity contribution in [1.82, 2.24) is 20.4 Å². The zero-order valence-corrected chi connectivity index (χ0v) is 15.5. The van der Waals surface area contributed by atoms with Gasteiger partial charge in [-0.25, -0.2) is 4.79 Å². The maximum atomic E-state index is 11.7. The number of likely N-dealkylation sites (tertiary alicyclic amines) is 1. The van der Waals surface area contributed by atoms with E-state index in [1.165, 1.54) is 10.5 Å². The van der Waals surface area contributed by atoms with Crippen LogP contribution in [0.4, 0.5) is 4.79 Å². The smallest absolute Gasteiger partial charge is 0.324 e. The van der Waals surface area contributed by atoms with Gasteiger partial charge in [0.05, 0.1) is 19.6 Å². The summed E-state index contributed by atoms with van der Waals surface area (Å²) >= 11 is 0. The quantitative estimate of drug-likeness (QED) is 0.471. The van der Waals surface area contributed by atoms with E-state index in [2.05, 4.69) is 51.7 Å². The van der Waals surface area contributed by atoms with Crippen LogP contribution < -0.4 is 10.6 Å². The first-order chi connectivity index (χ1) is 12.5. The van der Waals surface area contributed by atoms with E-state index in [0.717, 1.165) is 32.0 Å². The molecule has 0 radical (unpaired) electrons. The van der Waals surface area contributed by atoms with Crippen LogP contribution in [0.15, 0.2) is 35.3 Å². The second kappa shape index (κ2) is 7.76. The molecule has 1 aromatic carbocycles. The Labute approximate surface area is 154 Å². The number of imide groups is 1. The molecule has 1 atom stereocenters. The van der Waals surface area contributed by atoms with Crippen molar-refractivity contribution < 1.29 is 9.59 Å². The highest BCUT2D eigenvalue weighted by Gasteiger charge is 2.36. The normalized spacial score (nSPS) is 23.5. The minimum atomic E-state index is -0.326. The number of hydrogen-bond acceptors (Lipinski definition) is 3. The Balaban J connectivity index is 1.64. The number of urea groups is 1. The number of carbonyl (C=O) groups is 2. The Bertz CT molecular complexity index is 674. The fourth-order valence-electron chi connectivity index (χ4n) is 3.58. The van der Waals surface area contributed by atoms with Gasteiger partial charge in [-0.3, -0.25) is 14.7 Å². The number of guanidine groups is 1. The number of hydrogen-bond donors (Lipinski definition) is 2. The van der Waals surface area contributed by atoms with Crippen LogP contribution in [0.1, 0.15) is 25.8 Å². The number of nitrogens with one attached hydrogen (secondary N) is 2. The van der Waals surface area contributed by atoms with E-state index in [-0.39, 0.29) is 23.9 Å².